The Kier molecular flexibility index (Phi) is 5.48. The average Bonchev–Trinajstić information content (AvgIpc) is 3.08. The summed E-state index contributed by atoms with van der Waals surface area (Å²) in [5.74, 6) is 1.20. The number of nitrogens with one attached hydrogen (secondary N) is 1. The molecule has 3 aromatic rings. The molecular formula is C19H19N3O3S. The van der Waals surface area contributed by atoms with Crippen molar-refractivity contribution in [3.05, 3.63) is 58.7 Å². The third-order valence-electron chi connectivity index (χ3n) is 3.75. The van der Waals surface area contributed by atoms with Crippen LogP contribution >= 0.6 is 11.3 Å². The molecule has 7 heteroatoms. The van der Waals surface area contributed by atoms with Gasteiger partial charge in [-0.15, -0.1) is 11.3 Å². The van der Waals surface area contributed by atoms with Gasteiger partial charge in [0.2, 0.25) is 0 Å². The Labute approximate surface area is 155 Å². The van der Waals surface area contributed by atoms with Crippen LogP contribution in [0.15, 0.2) is 42.6 Å². The van der Waals surface area contributed by atoms with Gasteiger partial charge < -0.3 is 14.8 Å². The third-order valence-corrected chi connectivity index (χ3v) is 4.93. The van der Waals surface area contributed by atoms with Gasteiger partial charge in [0.15, 0.2) is 0 Å². The summed E-state index contributed by atoms with van der Waals surface area (Å²) >= 11 is 1.34. The van der Waals surface area contributed by atoms with Gasteiger partial charge in [-0.2, -0.15) is 0 Å². The molecule has 0 spiro atoms. The summed E-state index contributed by atoms with van der Waals surface area (Å²) in [6.07, 6.45) is 1.71. The zero-order valence-corrected chi connectivity index (χ0v) is 15.6. The fourth-order valence-electron chi connectivity index (χ4n) is 2.44. The van der Waals surface area contributed by atoms with E-state index >= 15 is 0 Å². The molecule has 0 bridgehead atoms. The normalized spacial score (nSPS) is 10.4. The molecule has 1 aromatic carbocycles. The van der Waals surface area contributed by atoms with E-state index < -0.39 is 0 Å². The number of carbonyl (C=O) groups is 1. The number of methoxy groups -OCH3 is 2. The number of nitrogens with zero attached hydrogens (tertiary/aromatic N) is 2. The second-order valence-corrected chi connectivity index (χ2v) is 6.55. The minimum absolute atomic E-state index is 0.163. The standard InChI is InChI=1S/C19H19N3O3S/c1-12-17(26-19(22-12)16-6-4-5-7-20-16)18(23)21-11-13-8-14(24-2)10-15(9-13)25-3/h4-10H,11H2,1-3H3,(H,21,23). The van der Waals surface area contributed by atoms with E-state index in [1.807, 2.05) is 37.3 Å². The van der Waals surface area contributed by atoms with Gasteiger partial charge in [-0.25, -0.2) is 4.98 Å². The molecule has 3 rings (SSSR count). The van der Waals surface area contributed by atoms with Crippen LogP contribution in [-0.2, 0) is 6.54 Å². The molecule has 0 fully saturated rings. The molecule has 2 aromatic heterocycles. The van der Waals surface area contributed by atoms with Crippen LogP contribution < -0.4 is 14.8 Å². The summed E-state index contributed by atoms with van der Waals surface area (Å²) in [5, 5.41) is 3.66. The van der Waals surface area contributed by atoms with Crippen LogP contribution in [0, 0.1) is 6.92 Å². The molecule has 0 saturated heterocycles. The fraction of sp³-hybridized carbons (Fsp3) is 0.211. The number of benzene rings is 1. The minimum atomic E-state index is -0.163. The summed E-state index contributed by atoms with van der Waals surface area (Å²) in [6, 6.07) is 11.1. The number of aryl methyl sites for hydroxylation is 1. The van der Waals surface area contributed by atoms with Crippen molar-refractivity contribution < 1.29 is 14.3 Å². The minimum Gasteiger partial charge on any atom is -0.497 e. The predicted octanol–water partition coefficient (Wildman–Crippen LogP) is 3.46. The Morgan fingerprint density at radius 3 is 2.50 bits per heavy atom. The highest BCUT2D eigenvalue weighted by atomic mass is 32.1. The quantitative estimate of drug-likeness (QED) is 0.720. The molecule has 0 aliphatic rings. The molecule has 0 aliphatic heterocycles. The van der Waals surface area contributed by atoms with Crippen LogP contribution in [0.4, 0.5) is 0 Å². The van der Waals surface area contributed by atoms with Crippen molar-refractivity contribution in [3.8, 4) is 22.2 Å². The molecule has 0 atom stereocenters. The molecule has 0 radical (unpaired) electrons. The van der Waals surface area contributed by atoms with Crippen molar-refractivity contribution in [3.63, 3.8) is 0 Å². The van der Waals surface area contributed by atoms with E-state index in [1.165, 1.54) is 11.3 Å². The largest absolute Gasteiger partial charge is 0.497 e. The van der Waals surface area contributed by atoms with Crippen molar-refractivity contribution in [1.29, 1.82) is 0 Å². The molecule has 1 N–H and O–H groups in total. The Balaban J connectivity index is 1.74. The van der Waals surface area contributed by atoms with Crippen molar-refractivity contribution in [2.45, 2.75) is 13.5 Å². The maximum Gasteiger partial charge on any atom is 0.263 e. The SMILES string of the molecule is COc1cc(CNC(=O)c2sc(-c3ccccn3)nc2C)cc(OC)c1. The van der Waals surface area contributed by atoms with Crippen molar-refractivity contribution in [2.75, 3.05) is 14.2 Å². The zero-order valence-electron chi connectivity index (χ0n) is 14.8. The molecular weight excluding hydrogens is 350 g/mol. The number of rotatable bonds is 6. The van der Waals surface area contributed by atoms with Gasteiger partial charge in [-0.05, 0) is 36.8 Å². The summed E-state index contributed by atoms with van der Waals surface area (Å²) < 4.78 is 10.5. The zero-order chi connectivity index (χ0) is 18.5. The monoisotopic (exact) mass is 369 g/mol. The average molecular weight is 369 g/mol. The maximum absolute atomic E-state index is 12.6. The Hall–Kier alpha value is -2.93. The number of ether oxygens (including phenoxy) is 2. The van der Waals surface area contributed by atoms with Gasteiger partial charge in [0.1, 0.15) is 21.4 Å². The van der Waals surface area contributed by atoms with Gasteiger partial charge in [0, 0.05) is 18.8 Å². The molecule has 0 aliphatic carbocycles. The number of aromatic nitrogens is 2. The number of hydrogen-bond acceptors (Lipinski definition) is 6. The molecule has 0 saturated carbocycles. The summed E-state index contributed by atoms with van der Waals surface area (Å²) in [5.41, 5.74) is 2.34. The van der Waals surface area contributed by atoms with Gasteiger partial charge in [-0.3, -0.25) is 9.78 Å². The lowest BCUT2D eigenvalue weighted by atomic mass is 10.2. The Bertz CT molecular complexity index is 887. The number of hydrogen-bond donors (Lipinski definition) is 1. The van der Waals surface area contributed by atoms with Crippen LogP contribution in [0.1, 0.15) is 20.9 Å². The molecule has 134 valence electrons. The fourth-order valence-corrected chi connectivity index (χ4v) is 3.40. The van der Waals surface area contributed by atoms with Crippen LogP contribution in [-0.4, -0.2) is 30.1 Å². The van der Waals surface area contributed by atoms with Crippen LogP contribution in [0.25, 0.3) is 10.7 Å². The number of carbonyl (C=O) groups excluding carboxylic acids is 1. The van der Waals surface area contributed by atoms with E-state index in [9.17, 15) is 4.79 Å². The van der Waals surface area contributed by atoms with Crippen LogP contribution in [0.3, 0.4) is 0 Å². The molecule has 0 unspecified atom stereocenters. The molecule has 26 heavy (non-hydrogen) atoms. The van der Waals surface area contributed by atoms with E-state index in [0.717, 1.165) is 16.3 Å². The second-order valence-electron chi connectivity index (χ2n) is 5.55. The lowest BCUT2D eigenvalue weighted by Gasteiger charge is -2.09. The third kappa shape index (κ3) is 4.00. The Morgan fingerprint density at radius 2 is 1.88 bits per heavy atom. The molecule has 2 heterocycles. The highest BCUT2D eigenvalue weighted by Gasteiger charge is 2.16. The van der Waals surface area contributed by atoms with E-state index in [2.05, 4.69) is 15.3 Å². The smallest absolute Gasteiger partial charge is 0.263 e. The van der Waals surface area contributed by atoms with Crippen molar-refractivity contribution >= 4 is 17.2 Å². The van der Waals surface area contributed by atoms with Crippen molar-refractivity contribution in [2.24, 2.45) is 0 Å². The van der Waals surface area contributed by atoms with Gasteiger partial charge in [0.25, 0.3) is 5.91 Å². The summed E-state index contributed by atoms with van der Waals surface area (Å²) in [4.78, 5) is 21.9. The number of thiazole rings is 1. The van der Waals surface area contributed by atoms with Crippen molar-refractivity contribution in [1.82, 2.24) is 15.3 Å². The second kappa shape index (κ2) is 7.97. The highest BCUT2D eigenvalue weighted by Crippen LogP contribution is 2.27. The van der Waals surface area contributed by atoms with E-state index in [-0.39, 0.29) is 5.91 Å². The maximum atomic E-state index is 12.6. The summed E-state index contributed by atoms with van der Waals surface area (Å²) in [6.45, 7) is 2.19. The lowest BCUT2D eigenvalue weighted by molar-refractivity contribution is 0.0954. The van der Waals surface area contributed by atoms with E-state index in [1.54, 1.807) is 26.5 Å². The molecule has 6 nitrogen and oxygen atoms in total. The Morgan fingerprint density at radius 1 is 1.15 bits per heavy atom. The van der Waals surface area contributed by atoms with Crippen LogP contribution in [0.2, 0.25) is 0 Å². The number of amides is 1. The van der Waals surface area contributed by atoms with E-state index in [0.29, 0.717) is 28.6 Å². The lowest BCUT2D eigenvalue weighted by Crippen LogP contribution is -2.22. The first-order chi connectivity index (χ1) is 12.6. The van der Waals surface area contributed by atoms with Gasteiger partial charge in [0.05, 0.1) is 25.6 Å². The van der Waals surface area contributed by atoms with Gasteiger partial charge >= 0.3 is 0 Å². The van der Waals surface area contributed by atoms with E-state index in [4.69, 9.17) is 9.47 Å². The van der Waals surface area contributed by atoms with Crippen LogP contribution in [0.5, 0.6) is 11.5 Å². The number of pyridine rings is 1. The predicted molar refractivity (Wildman–Crippen MR) is 101 cm³/mol. The molecule has 1 amide bonds. The highest BCUT2D eigenvalue weighted by molar-refractivity contribution is 7.17. The summed E-state index contributed by atoms with van der Waals surface area (Å²) in [7, 11) is 3.19. The first kappa shape index (κ1) is 17.9. The first-order valence-corrected chi connectivity index (χ1v) is 8.81. The topological polar surface area (TPSA) is 73.3 Å². The first-order valence-electron chi connectivity index (χ1n) is 7.99. The van der Waals surface area contributed by atoms with Gasteiger partial charge in [-0.1, -0.05) is 6.07 Å².